The molecular weight excluding hydrogens is 284 g/mol. The van der Waals surface area contributed by atoms with Crippen molar-refractivity contribution >= 4 is 33.7 Å². The number of carboxylic acid groups (broad SMARTS) is 1. The van der Waals surface area contributed by atoms with Crippen LogP contribution >= 0.6 is 0 Å². The van der Waals surface area contributed by atoms with Crippen LogP contribution in [0, 0.1) is 5.92 Å². The molecule has 0 saturated carbocycles. The minimum atomic E-state index is -0.760. The molecule has 0 spiro atoms. The fraction of sp³-hybridized carbons (Fsp3) is 0.357. The lowest BCUT2D eigenvalue weighted by Crippen LogP contribution is -2.39. The average Bonchev–Trinajstić information content (AvgIpc) is 3.03. The van der Waals surface area contributed by atoms with Crippen LogP contribution in [0.2, 0.25) is 0 Å². The Morgan fingerprint density at radius 3 is 3.14 bits per heavy atom. The van der Waals surface area contributed by atoms with E-state index in [1.165, 1.54) is 0 Å². The minimum absolute atomic E-state index is 0.373. The van der Waals surface area contributed by atoms with Crippen molar-refractivity contribution in [1.82, 2.24) is 25.4 Å². The summed E-state index contributed by atoms with van der Waals surface area (Å²) in [6.07, 6.45) is 4.91. The molecule has 1 unspecified atom stereocenters. The number of aromatic amines is 1. The number of carboxylic acids is 1. The normalized spacial score (nSPS) is 18.9. The summed E-state index contributed by atoms with van der Waals surface area (Å²) in [6, 6.07) is 1.93. The molecular formula is C14H14N6O2. The molecule has 4 heterocycles. The maximum atomic E-state index is 11.3. The second-order valence-corrected chi connectivity index (χ2v) is 5.49. The molecule has 1 aliphatic rings. The van der Waals surface area contributed by atoms with Crippen LogP contribution in [-0.4, -0.2) is 49.5 Å². The summed E-state index contributed by atoms with van der Waals surface area (Å²) >= 11 is 0. The Hall–Kier alpha value is -2.77. The van der Waals surface area contributed by atoms with Crippen molar-refractivity contribution in [3.63, 3.8) is 0 Å². The predicted molar refractivity (Wildman–Crippen MR) is 79.6 cm³/mol. The van der Waals surface area contributed by atoms with Gasteiger partial charge in [-0.25, -0.2) is 0 Å². The molecule has 0 aromatic carbocycles. The van der Waals surface area contributed by atoms with Crippen molar-refractivity contribution in [3.8, 4) is 0 Å². The number of nitrogens with one attached hydrogen (secondary N) is 1. The van der Waals surface area contributed by atoms with Gasteiger partial charge in [0.05, 0.1) is 17.5 Å². The van der Waals surface area contributed by atoms with Crippen molar-refractivity contribution in [1.29, 1.82) is 0 Å². The van der Waals surface area contributed by atoms with E-state index >= 15 is 0 Å². The summed E-state index contributed by atoms with van der Waals surface area (Å²) in [4.78, 5) is 16.3. The summed E-state index contributed by atoms with van der Waals surface area (Å²) in [7, 11) is 0. The highest BCUT2D eigenvalue weighted by molar-refractivity contribution is 6.08. The van der Waals surface area contributed by atoms with E-state index in [0.29, 0.717) is 29.9 Å². The molecule has 1 atom stereocenters. The number of aliphatic carboxylic acids is 1. The fourth-order valence-corrected chi connectivity index (χ4v) is 3.04. The number of H-pyrrole nitrogens is 1. The summed E-state index contributed by atoms with van der Waals surface area (Å²) in [5.41, 5.74) is 1.35. The Balaban J connectivity index is 1.87. The number of fused-ring (bicyclic) bond motifs is 3. The van der Waals surface area contributed by atoms with Gasteiger partial charge in [-0.1, -0.05) is 0 Å². The summed E-state index contributed by atoms with van der Waals surface area (Å²) in [5, 5.41) is 27.6. The molecule has 8 heteroatoms. The van der Waals surface area contributed by atoms with Gasteiger partial charge in [0.25, 0.3) is 0 Å². The highest BCUT2D eigenvalue weighted by Crippen LogP contribution is 2.31. The number of nitrogens with zero attached hydrogens (tertiary/aromatic N) is 5. The van der Waals surface area contributed by atoms with Gasteiger partial charge in [-0.05, 0) is 18.9 Å². The zero-order valence-electron chi connectivity index (χ0n) is 11.7. The first kappa shape index (κ1) is 12.9. The van der Waals surface area contributed by atoms with E-state index in [0.717, 1.165) is 23.7 Å². The second-order valence-electron chi connectivity index (χ2n) is 5.49. The minimum Gasteiger partial charge on any atom is -0.481 e. The lowest BCUT2D eigenvalue weighted by atomic mass is 9.98. The standard InChI is InChI=1S/C14H14N6O2/c21-14(22)8-2-1-5-20(7-8)13-11-9-3-4-15-12(9)18-17-10(11)6-16-19-13/h3-4,6,8H,1-2,5,7H2,(H,15,18)(H,21,22). The highest BCUT2D eigenvalue weighted by atomic mass is 16.4. The number of hydrogen-bond acceptors (Lipinski definition) is 6. The lowest BCUT2D eigenvalue weighted by Gasteiger charge is -2.31. The van der Waals surface area contributed by atoms with Crippen molar-refractivity contribution in [2.75, 3.05) is 18.0 Å². The van der Waals surface area contributed by atoms with Crippen LogP contribution in [0.4, 0.5) is 5.82 Å². The van der Waals surface area contributed by atoms with E-state index < -0.39 is 5.97 Å². The summed E-state index contributed by atoms with van der Waals surface area (Å²) in [6.45, 7) is 1.21. The van der Waals surface area contributed by atoms with Gasteiger partial charge >= 0.3 is 5.97 Å². The van der Waals surface area contributed by atoms with Crippen molar-refractivity contribution in [2.24, 2.45) is 5.92 Å². The number of anilines is 1. The van der Waals surface area contributed by atoms with Gasteiger partial charge in [-0.3, -0.25) is 4.79 Å². The predicted octanol–water partition coefficient (Wildman–Crippen LogP) is 1.20. The molecule has 8 nitrogen and oxygen atoms in total. The molecule has 2 N–H and O–H groups in total. The lowest BCUT2D eigenvalue weighted by molar-refractivity contribution is -0.141. The molecule has 1 aliphatic heterocycles. The van der Waals surface area contributed by atoms with Crippen molar-refractivity contribution in [2.45, 2.75) is 12.8 Å². The number of aromatic nitrogens is 5. The number of rotatable bonds is 2. The Morgan fingerprint density at radius 1 is 1.36 bits per heavy atom. The zero-order valence-corrected chi connectivity index (χ0v) is 11.7. The molecule has 3 aromatic rings. The van der Waals surface area contributed by atoms with Gasteiger partial charge in [0.1, 0.15) is 5.52 Å². The molecule has 1 saturated heterocycles. The van der Waals surface area contributed by atoms with E-state index in [1.54, 1.807) is 12.4 Å². The Morgan fingerprint density at radius 2 is 2.27 bits per heavy atom. The maximum Gasteiger partial charge on any atom is 0.308 e. The summed E-state index contributed by atoms with van der Waals surface area (Å²) in [5.74, 6) is -0.449. The maximum absolute atomic E-state index is 11.3. The fourth-order valence-electron chi connectivity index (χ4n) is 3.04. The molecule has 0 aliphatic carbocycles. The van der Waals surface area contributed by atoms with E-state index in [1.807, 2.05) is 11.0 Å². The smallest absolute Gasteiger partial charge is 0.308 e. The first-order valence-corrected chi connectivity index (χ1v) is 7.17. The summed E-state index contributed by atoms with van der Waals surface area (Å²) < 4.78 is 0. The highest BCUT2D eigenvalue weighted by Gasteiger charge is 2.27. The third-order valence-electron chi connectivity index (χ3n) is 4.13. The quantitative estimate of drug-likeness (QED) is 0.731. The van der Waals surface area contributed by atoms with Gasteiger partial charge < -0.3 is 15.0 Å². The molecule has 22 heavy (non-hydrogen) atoms. The molecule has 0 bridgehead atoms. The number of carbonyl (C=O) groups is 1. The Labute approximate surface area is 125 Å². The molecule has 3 aromatic heterocycles. The first-order chi connectivity index (χ1) is 10.7. The van der Waals surface area contributed by atoms with Crippen LogP contribution in [0.1, 0.15) is 12.8 Å². The molecule has 0 radical (unpaired) electrons. The van der Waals surface area contributed by atoms with Crippen molar-refractivity contribution < 1.29 is 9.90 Å². The Bertz CT molecular complexity index is 861. The van der Waals surface area contributed by atoms with Gasteiger partial charge in [-0.15, -0.1) is 15.3 Å². The van der Waals surface area contributed by atoms with Gasteiger partial charge in [0, 0.05) is 24.7 Å². The van der Waals surface area contributed by atoms with E-state index in [9.17, 15) is 9.90 Å². The molecule has 4 rings (SSSR count). The number of hydrogen-bond donors (Lipinski definition) is 2. The zero-order chi connectivity index (χ0) is 15.1. The van der Waals surface area contributed by atoms with E-state index in [4.69, 9.17) is 0 Å². The SMILES string of the molecule is O=C(O)C1CCCN(c2nncc3nnc4[nH]ccc4c23)C1. The van der Waals surface area contributed by atoms with E-state index in [2.05, 4.69) is 25.4 Å². The van der Waals surface area contributed by atoms with Crippen LogP contribution in [0.15, 0.2) is 18.5 Å². The molecule has 0 amide bonds. The third-order valence-corrected chi connectivity index (χ3v) is 4.13. The molecule has 112 valence electrons. The monoisotopic (exact) mass is 298 g/mol. The topological polar surface area (TPSA) is 108 Å². The van der Waals surface area contributed by atoms with Gasteiger partial charge in [0.15, 0.2) is 11.5 Å². The third kappa shape index (κ3) is 1.95. The Kier molecular flexibility index (Phi) is 2.88. The van der Waals surface area contributed by atoms with Crippen LogP contribution in [0.25, 0.3) is 21.9 Å². The first-order valence-electron chi connectivity index (χ1n) is 7.17. The largest absolute Gasteiger partial charge is 0.481 e. The van der Waals surface area contributed by atoms with Crippen LogP contribution in [0.5, 0.6) is 0 Å². The average molecular weight is 298 g/mol. The van der Waals surface area contributed by atoms with E-state index in [-0.39, 0.29) is 5.92 Å². The number of piperidine rings is 1. The van der Waals surface area contributed by atoms with Gasteiger partial charge in [0.2, 0.25) is 0 Å². The molecule has 1 fully saturated rings. The van der Waals surface area contributed by atoms with Crippen molar-refractivity contribution in [3.05, 3.63) is 18.5 Å². The van der Waals surface area contributed by atoms with Crippen LogP contribution in [0.3, 0.4) is 0 Å². The second kappa shape index (κ2) is 4.90. The van der Waals surface area contributed by atoms with Crippen LogP contribution < -0.4 is 4.90 Å². The van der Waals surface area contributed by atoms with Gasteiger partial charge in [-0.2, -0.15) is 5.10 Å². The van der Waals surface area contributed by atoms with Crippen LogP contribution in [-0.2, 0) is 4.79 Å².